The van der Waals surface area contributed by atoms with Crippen molar-refractivity contribution in [3.63, 3.8) is 0 Å². The van der Waals surface area contributed by atoms with E-state index in [-0.39, 0.29) is 5.91 Å². The van der Waals surface area contributed by atoms with Gasteiger partial charge in [-0.15, -0.1) is 0 Å². The molecule has 4 heteroatoms. The lowest BCUT2D eigenvalue weighted by atomic mass is 9.94. The van der Waals surface area contributed by atoms with E-state index in [1.807, 2.05) is 4.90 Å². The van der Waals surface area contributed by atoms with Crippen LogP contribution in [0.2, 0.25) is 0 Å². The molecule has 2 fully saturated rings. The molecule has 1 aliphatic carbocycles. The Morgan fingerprint density at radius 3 is 2.53 bits per heavy atom. The van der Waals surface area contributed by atoms with Crippen LogP contribution in [0.4, 0.5) is 0 Å². The normalized spacial score (nSPS) is 27.9. The molecule has 0 spiro atoms. The predicted molar refractivity (Wildman–Crippen MR) is 75.9 cm³/mol. The van der Waals surface area contributed by atoms with Crippen molar-refractivity contribution in [3.8, 4) is 0 Å². The molecule has 1 aliphatic heterocycles. The maximum absolute atomic E-state index is 12.3. The zero-order chi connectivity index (χ0) is 13.8. The van der Waals surface area contributed by atoms with E-state index in [0.717, 1.165) is 6.54 Å². The zero-order valence-electron chi connectivity index (χ0n) is 12.3. The molecule has 19 heavy (non-hydrogen) atoms. The number of aliphatic hydroxyl groups excluding tert-OH is 1. The van der Waals surface area contributed by atoms with Crippen molar-refractivity contribution in [2.45, 2.75) is 58.1 Å². The number of carbonyl (C=O) groups is 1. The topological polar surface area (TPSA) is 43.8 Å². The van der Waals surface area contributed by atoms with Gasteiger partial charge < -0.3 is 10.0 Å². The smallest absolute Gasteiger partial charge is 0.236 e. The molecule has 4 nitrogen and oxygen atoms in total. The summed E-state index contributed by atoms with van der Waals surface area (Å²) in [5.41, 5.74) is 0. The van der Waals surface area contributed by atoms with Crippen LogP contribution in [-0.4, -0.2) is 59.1 Å². The largest absolute Gasteiger partial charge is 0.390 e. The number of nitrogens with zero attached hydrogens (tertiary/aromatic N) is 2. The number of β-amino-alcohol motifs (C(OH)–C–C–N with tert-alkyl or cyclic N) is 1. The van der Waals surface area contributed by atoms with Crippen LogP contribution < -0.4 is 0 Å². The molecule has 1 amide bonds. The van der Waals surface area contributed by atoms with Gasteiger partial charge in [0.15, 0.2) is 0 Å². The molecule has 1 saturated heterocycles. The second kappa shape index (κ2) is 6.71. The third-order valence-electron chi connectivity index (χ3n) is 4.24. The van der Waals surface area contributed by atoms with Crippen LogP contribution in [0.3, 0.4) is 0 Å². The first-order chi connectivity index (χ1) is 9.06. The maximum atomic E-state index is 12.3. The Morgan fingerprint density at radius 1 is 1.21 bits per heavy atom. The molecule has 0 radical (unpaired) electrons. The Kier molecular flexibility index (Phi) is 5.22. The Balaban J connectivity index is 1.98. The fourth-order valence-electron chi connectivity index (χ4n) is 3.36. The summed E-state index contributed by atoms with van der Waals surface area (Å²) in [6.45, 7) is 6.64. The van der Waals surface area contributed by atoms with Gasteiger partial charge >= 0.3 is 0 Å². The molecule has 1 heterocycles. The lowest BCUT2D eigenvalue weighted by Gasteiger charge is -2.33. The van der Waals surface area contributed by atoms with E-state index >= 15 is 0 Å². The van der Waals surface area contributed by atoms with Crippen LogP contribution in [0.5, 0.6) is 0 Å². The second-order valence-corrected chi connectivity index (χ2v) is 6.57. The van der Waals surface area contributed by atoms with E-state index in [0.29, 0.717) is 31.6 Å². The fraction of sp³-hybridized carbons (Fsp3) is 0.933. The van der Waals surface area contributed by atoms with Gasteiger partial charge in [-0.3, -0.25) is 9.69 Å². The lowest BCUT2D eigenvalue weighted by molar-refractivity contribution is -0.132. The summed E-state index contributed by atoms with van der Waals surface area (Å²) in [4.78, 5) is 16.4. The molecule has 0 aromatic heterocycles. The van der Waals surface area contributed by atoms with Gasteiger partial charge in [-0.05, 0) is 18.8 Å². The molecule has 2 aliphatic rings. The van der Waals surface area contributed by atoms with Gasteiger partial charge in [0, 0.05) is 25.7 Å². The molecule has 0 aromatic rings. The number of aliphatic hydroxyl groups is 1. The Morgan fingerprint density at radius 2 is 1.89 bits per heavy atom. The maximum Gasteiger partial charge on any atom is 0.236 e. The van der Waals surface area contributed by atoms with Crippen LogP contribution in [0.1, 0.15) is 46.0 Å². The fourth-order valence-corrected chi connectivity index (χ4v) is 3.36. The van der Waals surface area contributed by atoms with Crippen LogP contribution in [0.25, 0.3) is 0 Å². The molecule has 1 atom stereocenters. The monoisotopic (exact) mass is 268 g/mol. The first-order valence-corrected chi connectivity index (χ1v) is 7.76. The number of rotatable bonds is 3. The average Bonchev–Trinajstić information content (AvgIpc) is 2.50. The van der Waals surface area contributed by atoms with Crippen molar-refractivity contribution in [3.05, 3.63) is 0 Å². The molecule has 1 N–H and O–H groups in total. The van der Waals surface area contributed by atoms with Crippen molar-refractivity contribution in [2.75, 3.05) is 26.2 Å². The van der Waals surface area contributed by atoms with E-state index in [1.54, 1.807) is 0 Å². The van der Waals surface area contributed by atoms with Gasteiger partial charge in [0.1, 0.15) is 0 Å². The van der Waals surface area contributed by atoms with E-state index in [9.17, 15) is 9.90 Å². The van der Waals surface area contributed by atoms with Crippen LogP contribution in [0, 0.1) is 5.92 Å². The third kappa shape index (κ3) is 4.18. The molecule has 110 valence electrons. The van der Waals surface area contributed by atoms with Crippen molar-refractivity contribution in [2.24, 2.45) is 5.92 Å². The minimum atomic E-state index is -0.396. The van der Waals surface area contributed by atoms with Crippen molar-refractivity contribution in [1.82, 2.24) is 9.80 Å². The predicted octanol–water partition coefficient (Wildman–Crippen LogP) is 1.48. The summed E-state index contributed by atoms with van der Waals surface area (Å²) < 4.78 is 0. The molecule has 1 saturated carbocycles. The standard InChI is InChI=1S/C15H28N2O2/c1-12(2)8-17-10-14(18)9-16(11-15(17)19)13-6-4-3-5-7-13/h12-14,18H,3-11H2,1-2H3. The highest BCUT2D eigenvalue weighted by Gasteiger charge is 2.31. The van der Waals surface area contributed by atoms with Crippen molar-refractivity contribution < 1.29 is 9.90 Å². The molecular formula is C15H28N2O2. The lowest BCUT2D eigenvalue weighted by Crippen LogP contribution is -2.43. The van der Waals surface area contributed by atoms with E-state index < -0.39 is 6.10 Å². The number of carbonyl (C=O) groups excluding carboxylic acids is 1. The Labute approximate surface area is 116 Å². The number of amides is 1. The van der Waals surface area contributed by atoms with E-state index in [2.05, 4.69) is 18.7 Å². The number of hydrogen-bond acceptors (Lipinski definition) is 3. The zero-order valence-corrected chi connectivity index (χ0v) is 12.3. The Bertz CT molecular complexity index is 301. The molecule has 1 unspecified atom stereocenters. The highest BCUT2D eigenvalue weighted by Crippen LogP contribution is 2.24. The van der Waals surface area contributed by atoms with Crippen molar-refractivity contribution in [1.29, 1.82) is 0 Å². The van der Waals surface area contributed by atoms with E-state index in [1.165, 1.54) is 32.1 Å². The summed E-state index contributed by atoms with van der Waals surface area (Å²) in [5, 5.41) is 10.2. The number of hydrogen-bond donors (Lipinski definition) is 1. The van der Waals surface area contributed by atoms with Gasteiger partial charge in [-0.25, -0.2) is 0 Å². The summed E-state index contributed by atoms with van der Waals surface area (Å²) in [5.74, 6) is 0.646. The van der Waals surface area contributed by atoms with Gasteiger partial charge in [-0.2, -0.15) is 0 Å². The summed E-state index contributed by atoms with van der Waals surface area (Å²) >= 11 is 0. The quantitative estimate of drug-likeness (QED) is 0.843. The Hall–Kier alpha value is -0.610. The van der Waals surface area contributed by atoms with Gasteiger partial charge in [0.2, 0.25) is 5.91 Å². The molecule has 0 aromatic carbocycles. The van der Waals surface area contributed by atoms with Crippen LogP contribution in [0.15, 0.2) is 0 Å². The summed E-state index contributed by atoms with van der Waals surface area (Å²) in [7, 11) is 0. The van der Waals surface area contributed by atoms with Gasteiger partial charge in [-0.1, -0.05) is 33.1 Å². The second-order valence-electron chi connectivity index (χ2n) is 6.57. The van der Waals surface area contributed by atoms with Gasteiger partial charge in [0.25, 0.3) is 0 Å². The highest BCUT2D eigenvalue weighted by molar-refractivity contribution is 5.78. The minimum absolute atomic E-state index is 0.191. The SMILES string of the molecule is CC(C)CN1CC(O)CN(C2CCCCC2)CC1=O. The minimum Gasteiger partial charge on any atom is -0.390 e. The van der Waals surface area contributed by atoms with Gasteiger partial charge in [0.05, 0.1) is 12.6 Å². The first-order valence-electron chi connectivity index (χ1n) is 7.76. The summed E-state index contributed by atoms with van der Waals surface area (Å²) in [6.07, 6.45) is 5.82. The van der Waals surface area contributed by atoms with Crippen molar-refractivity contribution >= 4 is 5.91 Å². The molecule has 0 bridgehead atoms. The average molecular weight is 268 g/mol. The first kappa shape index (κ1) is 14.8. The van der Waals surface area contributed by atoms with E-state index in [4.69, 9.17) is 0 Å². The molecule has 2 rings (SSSR count). The third-order valence-corrected chi connectivity index (χ3v) is 4.24. The van der Waals surface area contributed by atoms with Crippen LogP contribution >= 0.6 is 0 Å². The molecular weight excluding hydrogens is 240 g/mol. The summed E-state index contributed by atoms with van der Waals surface area (Å²) in [6, 6.07) is 0.506. The van der Waals surface area contributed by atoms with Crippen LogP contribution in [-0.2, 0) is 4.79 Å². The highest BCUT2D eigenvalue weighted by atomic mass is 16.3.